The molecule has 2 aliphatic rings. The first-order chi connectivity index (χ1) is 12.2. The minimum Gasteiger partial charge on any atom is -0.333 e. The molecule has 7 heteroatoms. The third kappa shape index (κ3) is 3.51. The number of benzene rings is 1. The standard InChI is InChI=1S/C18H24N4O3/c19-9-4-7-15-18(25)21(11-14-5-2-1-3-6-14)12-16-20(13-23)10-8-17(24)22(15)16/h1-3,5-6,13,15-16H,4,7-12,19H2/t15-,16?/m0/s1. The number of nitrogens with two attached hydrogens (primary N) is 1. The molecule has 2 atom stereocenters. The third-order valence-corrected chi connectivity index (χ3v) is 4.93. The molecule has 0 aromatic heterocycles. The van der Waals surface area contributed by atoms with Gasteiger partial charge in [-0.05, 0) is 24.9 Å². The lowest BCUT2D eigenvalue weighted by atomic mass is 9.99. The molecule has 1 aromatic carbocycles. The van der Waals surface area contributed by atoms with Crippen LogP contribution in [0, 0.1) is 0 Å². The fourth-order valence-corrected chi connectivity index (χ4v) is 3.66. The molecule has 0 radical (unpaired) electrons. The van der Waals surface area contributed by atoms with Crippen molar-refractivity contribution in [1.29, 1.82) is 0 Å². The van der Waals surface area contributed by atoms with E-state index in [1.807, 2.05) is 30.3 Å². The van der Waals surface area contributed by atoms with Gasteiger partial charge in [-0.1, -0.05) is 30.3 Å². The quantitative estimate of drug-likeness (QED) is 0.745. The maximum absolute atomic E-state index is 13.0. The lowest BCUT2D eigenvalue weighted by molar-refractivity contribution is -0.172. The fourth-order valence-electron chi connectivity index (χ4n) is 3.66. The van der Waals surface area contributed by atoms with E-state index in [4.69, 9.17) is 5.73 Å². The fraction of sp³-hybridized carbons (Fsp3) is 0.500. The number of carbonyl (C=O) groups is 3. The van der Waals surface area contributed by atoms with Crippen LogP contribution in [0.1, 0.15) is 24.8 Å². The van der Waals surface area contributed by atoms with E-state index in [0.717, 1.165) is 12.0 Å². The molecule has 134 valence electrons. The molecule has 25 heavy (non-hydrogen) atoms. The second kappa shape index (κ2) is 7.65. The largest absolute Gasteiger partial charge is 0.333 e. The maximum atomic E-state index is 13.0. The second-order valence-corrected chi connectivity index (χ2v) is 6.53. The number of nitrogens with zero attached hydrogens (tertiary/aromatic N) is 3. The summed E-state index contributed by atoms with van der Waals surface area (Å²) in [5, 5.41) is 0. The SMILES string of the molecule is NCCC[C@H]1C(=O)N(Cc2ccccc2)CC2N(C=O)CCC(=O)N21. The number of amides is 3. The van der Waals surface area contributed by atoms with E-state index in [1.54, 1.807) is 14.7 Å². The maximum Gasteiger partial charge on any atom is 0.245 e. The van der Waals surface area contributed by atoms with E-state index in [1.165, 1.54) is 0 Å². The van der Waals surface area contributed by atoms with Crippen molar-refractivity contribution < 1.29 is 14.4 Å². The predicted octanol–water partition coefficient (Wildman–Crippen LogP) is 0.153. The van der Waals surface area contributed by atoms with Gasteiger partial charge in [0, 0.05) is 19.5 Å². The molecule has 0 aliphatic carbocycles. The Morgan fingerprint density at radius 2 is 1.96 bits per heavy atom. The van der Waals surface area contributed by atoms with Gasteiger partial charge in [0.2, 0.25) is 18.2 Å². The highest BCUT2D eigenvalue weighted by Crippen LogP contribution is 2.27. The summed E-state index contributed by atoms with van der Waals surface area (Å²) in [6.45, 7) is 1.69. The highest BCUT2D eigenvalue weighted by Gasteiger charge is 2.46. The Labute approximate surface area is 147 Å². The van der Waals surface area contributed by atoms with Crippen molar-refractivity contribution in [1.82, 2.24) is 14.7 Å². The summed E-state index contributed by atoms with van der Waals surface area (Å²) >= 11 is 0. The normalized spacial score (nSPS) is 23.6. The van der Waals surface area contributed by atoms with Gasteiger partial charge < -0.3 is 20.4 Å². The van der Waals surface area contributed by atoms with Crippen molar-refractivity contribution in [2.45, 2.75) is 38.0 Å². The Kier molecular flexibility index (Phi) is 5.33. The van der Waals surface area contributed by atoms with Crippen molar-refractivity contribution in [3.63, 3.8) is 0 Å². The number of carbonyl (C=O) groups excluding carboxylic acids is 3. The van der Waals surface area contributed by atoms with Gasteiger partial charge in [0.15, 0.2) is 0 Å². The predicted molar refractivity (Wildman–Crippen MR) is 92.0 cm³/mol. The first-order valence-electron chi connectivity index (χ1n) is 8.70. The molecule has 1 unspecified atom stereocenters. The Hall–Kier alpha value is -2.41. The minimum atomic E-state index is -0.540. The average molecular weight is 344 g/mol. The molecule has 2 fully saturated rings. The van der Waals surface area contributed by atoms with E-state index in [9.17, 15) is 14.4 Å². The van der Waals surface area contributed by atoms with Crippen molar-refractivity contribution in [2.24, 2.45) is 5.73 Å². The van der Waals surface area contributed by atoms with Crippen LogP contribution in [0.15, 0.2) is 30.3 Å². The van der Waals surface area contributed by atoms with Crippen molar-refractivity contribution in [3.05, 3.63) is 35.9 Å². The van der Waals surface area contributed by atoms with Gasteiger partial charge in [-0.25, -0.2) is 0 Å². The minimum absolute atomic E-state index is 0.0576. The summed E-state index contributed by atoms with van der Waals surface area (Å²) in [5.74, 6) is -0.118. The van der Waals surface area contributed by atoms with Gasteiger partial charge >= 0.3 is 0 Å². The van der Waals surface area contributed by atoms with E-state index in [2.05, 4.69) is 0 Å². The van der Waals surface area contributed by atoms with Crippen LogP contribution < -0.4 is 5.73 Å². The Morgan fingerprint density at radius 3 is 2.64 bits per heavy atom. The van der Waals surface area contributed by atoms with Gasteiger partial charge in [0.1, 0.15) is 12.2 Å². The van der Waals surface area contributed by atoms with E-state index in [-0.39, 0.29) is 24.4 Å². The van der Waals surface area contributed by atoms with Gasteiger partial charge in [-0.2, -0.15) is 0 Å². The number of rotatable bonds is 6. The van der Waals surface area contributed by atoms with Crippen LogP contribution in [0.4, 0.5) is 0 Å². The van der Waals surface area contributed by atoms with Crippen LogP contribution in [0.25, 0.3) is 0 Å². The van der Waals surface area contributed by atoms with Crippen molar-refractivity contribution in [2.75, 3.05) is 19.6 Å². The van der Waals surface area contributed by atoms with Crippen molar-refractivity contribution in [3.8, 4) is 0 Å². The van der Waals surface area contributed by atoms with Crippen LogP contribution in [0.3, 0.4) is 0 Å². The molecule has 0 bridgehead atoms. The number of piperazine rings is 1. The van der Waals surface area contributed by atoms with Crippen LogP contribution in [-0.2, 0) is 20.9 Å². The average Bonchev–Trinajstić information content (AvgIpc) is 2.63. The molecular formula is C18H24N4O3. The van der Waals surface area contributed by atoms with E-state index < -0.39 is 6.04 Å². The lowest BCUT2D eigenvalue weighted by Gasteiger charge is -2.51. The zero-order valence-corrected chi connectivity index (χ0v) is 14.2. The molecule has 2 saturated heterocycles. The topological polar surface area (TPSA) is 87.0 Å². The van der Waals surface area contributed by atoms with Crippen LogP contribution >= 0.6 is 0 Å². The third-order valence-electron chi connectivity index (χ3n) is 4.93. The van der Waals surface area contributed by atoms with Crippen LogP contribution in [0.2, 0.25) is 0 Å². The Morgan fingerprint density at radius 1 is 1.20 bits per heavy atom. The zero-order valence-electron chi connectivity index (χ0n) is 14.2. The van der Waals surface area contributed by atoms with Gasteiger partial charge in [0.25, 0.3) is 0 Å². The van der Waals surface area contributed by atoms with Gasteiger partial charge in [0.05, 0.1) is 6.54 Å². The molecule has 7 nitrogen and oxygen atoms in total. The summed E-state index contributed by atoms with van der Waals surface area (Å²) in [6.07, 6.45) is 1.84. The van der Waals surface area contributed by atoms with Gasteiger partial charge in [-0.15, -0.1) is 0 Å². The van der Waals surface area contributed by atoms with E-state index >= 15 is 0 Å². The Balaban J connectivity index is 1.87. The number of hydrogen-bond donors (Lipinski definition) is 1. The summed E-state index contributed by atoms with van der Waals surface area (Å²) in [4.78, 5) is 41.9. The first kappa shape index (κ1) is 17.4. The molecule has 0 spiro atoms. The first-order valence-corrected chi connectivity index (χ1v) is 8.70. The molecule has 2 heterocycles. The molecule has 2 N–H and O–H groups in total. The van der Waals surface area contributed by atoms with Crippen LogP contribution in [0.5, 0.6) is 0 Å². The monoisotopic (exact) mass is 344 g/mol. The molecule has 2 aliphatic heterocycles. The Bertz CT molecular complexity index is 636. The molecule has 3 rings (SSSR count). The summed E-state index contributed by atoms with van der Waals surface area (Å²) in [5.41, 5.74) is 6.64. The van der Waals surface area contributed by atoms with Crippen molar-refractivity contribution >= 4 is 18.2 Å². The zero-order chi connectivity index (χ0) is 17.8. The lowest BCUT2D eigenvalue weighted by Crippen LogP contribution is -2.70. The van der Waals surface area contributed by atoms with Crippen LogP contribution in [-0.4, -0.2) is 64.8 Å². The molecule has 1 aromatic rings. The smallest absolute Gasteiger partial charge is 0.245 e. The summed E-state index contributed by atoms with van der Waals surface area (Å²) < 4.78 is 0. The number of hydrogen-bond acceptors (Lipinski definition) is 4. The van der Waals surface area contributed by atoms with Gasteiger partial charge in [-0.3, -0.25) is 14.4 Å². The highest BCUT2D eigenvalue weighted by atomic mass is 16.2. The summed E-state index contributed by atoms with van der Waals surface area (Å²) in [6, 6.07) is 9.20. The second-order valence-electron chi connectivity index (χ2n) is 6.53. The number of fused-ring (bicyclic) bond motifs is 1. The highest BCUT2D eigenvalue weighted by molar-refractivity contribution is 5.90. The summed E-state index contributed by atoms with van der Waals surface area (Å²) in [7, 11) is 0. The molecule has 0 saturated carbocycles. The molecule has 3 amide bonds. The molecular weight excluding hydrogens is 320 g/mol. The van der Waals surface area contributed by atoms with E-state index in [0.29, 0.717) is 39.0 Å².